The maximum absolute atomic E-state index is 13.5. The minimum absolute atomic E-state index is 0.155. The molecule has 3 aliphatic rings. The molecule has 0 aliphatic carbocycles. The first kappa shape index (κ1) is 16.0. The maximum atomic E-state index is 13.5. The van der Waals surface area contributed by atoms with Crippen molar-refractivity contribution in [3.05, 3.63) is 47.5 Å². The molecule has 5 rings (SSSR count). The number of hydrazine groups is 1. The van der Waals surface area contributed by atoms with Crippen LogP contribution in [0.5, 0.6) is 17.2 Å². The summed E-state index contributed by atoms with van der Waals surface area (Å²) in [6.07, 6.45) is 0. The fourth-order valence-corrected chi connectivity index (χ4v) is 4.06. The van der Waals surface area contributed by atoms with E-state index in [2.05, 4.69) is 5.43 Å². The monoisotopic (exact) mass is 367 g/mol. The molecule has 0 saturated carbocycles. The van der Waals surface area contributed by atoms with Crippen molar-refractivity contribution in [2.75, 3.05) is 31.3 Å². The second-order valence-corrected chi connectivity index (χ2v) is 6.66. The zero-order chi connectivity index (χ0) is 18.6. The Balaban J connectivity index is 1.68. The number of carbonyl (C=O) groups excluding carboxylic acids is 2. The van der Waals surface area contributed by atoms with Gasteiger partial charge in [-0.05, 0) is 17.7 Å². The van der Waals surface area contributed by atoms with Crippen LogP contribution in [0.25, 0.3) is 0 Å². The predicted octanol–water partition coefficient (Wildman–Crippen LogP) is 0.473. The molecule has 3 N–H and O–H groups in total. The Kier molecular flexibility index (Phi) is 3.32. The van der Waals surface area contributed by atoms with Gasteiger partial charge in [-0.3, -0.25) is 15.0 Å². The largest absolute Gasteiger partial charge is 0.491 e. The van der Waals surface area contributed by atoms with E-state index in [9.17, 15) is 9.59 Å². The average Bonchev–Trinajstić information content (AvgIpc) is 3.19. The molecule has 1 unspecified atom stereocenters. The molecule has 0 aromatic heterocycles. The van der Waals surface area contributed by atoms with Crippen molar-refractivity contribution in [3.63, 3.8) is 0 Å². The molecular weight excluding hydrogens is 350 g/mol. The summed E-state index contributed by atoms with van der Waals surface area (Å²) >= 11 is 0. The van der Waals surface area contributed by atoms with Gasteiger partial charge < -0.3 is 19.1 Å². The van der Waals surface area contributed by atoms with Gasteiger partial charge in [0.05, 0.1) is 0 Å². The molecular formula is C19H17N3O5. The lowest BCUT2D eigenvalue weighted by atomic mass is 9.77. The van der Waals surface area contributed by atoms with Gasteiger partial charge in [0.15, 0.2) is 11.5 Å². The highest BCUT2D eigenvalue weighted by molar-refractivity contribution is 6.13. The molecule has 3 heterocycles. The summed E-state index contributed by atoms with van der Waals surface area (Å²) in [4.78, 5) is 26.8. The van der Waals surface area contributed by atoms with E-state index < -0.39 is 11.3 Å². The highest BCUT2D eigenvalue weighted by Gasteiger charge is 2.57. The summed E-state index contributed by atoms with van der Waals surface area (Å²) in [7, 11) is 0. The highest BCUT2D eigenvalue weighted by Crippen LogP contribution is 2.54. The molecule has 27 heavy (non-hydrogen) atoms. The van der Waals surface area contributed by atoms with Crippen molar-refractivity contribution in [2.45, 2.75) is 5.41 Å². The van der Waals surface area contributed by atoms with Crippen LogP contribution in [0, 0.1) is 0 Å². The number of rotatable bonds is 2. The third kappa shape index (κ3) is 2.07. The Morgan fingerprint density at radius 3 is 2.59 bits per heavy atom. The van der Waals surface area contributed by atoms with Gasteiger partial charge in [0.1, 0.15) is 37.5 Å². The van der Waals surface area contributed by atoms with Crippen LogP contribution in [0.15, 0.2) is 36.4 Å². The van der Waals surface area contributed by atoms with E-state index in [1.165, 1.54) is 4.90 Å². The summed E-state index contributed by atoms with van der Waals surface area (Å²) in [5, 5.41) is 0. The molecule has 8 heteroatoms. The lowest BCUT2D eigenvalue weighted by Gasteiger charge is -2.24. The number of ether oxygens (including phenoxy) is 3. The number of nitrogens with one attached hydrogen (secondary N) is 1. The zero-order valence-electron chi connectivity index (χ0n) is 14.4. The lowest BCUT2D eigenvalue weighted by molar-refractivity contribution is -0.125. The zero-order valence-corrected chi connectivity index (χ0v) is 14.4. The maximum Gasteiger partial charge on any atom is 0.253 e. The molecule has 0 fully saturated rings. The minimum Gasteiger partial charge on any atom is -0.491 e. The van der Waals surface area contributed by atoms with Gasteiger partial charge in [0.25, 0.3) is 5.91 Å². The van der Waals surface area contributed by atoms with Crippen molar-refractivity contribution in [1.29, 1.82) is 0 Å². The third-order valence-electron chi connectivity index (χ3n) is 5.28. The van der Waals surface area contributed by atoms with E-state index >= 15 is 0 Å². The van der Waals surface area contributed by atoms with Gasteiger partial charge in [0, 0.05) is 17.3 Å². The second kappa shape index (κ2) is 5.62. The molecule has 2 amide bonds. The molecule has 1 spiro atoms. The van der Waals surface area contributed by atoms with Crippen LogP contribution in [0.2, 0.25) is 0 Å². The van der Waals surface area contributed by atoms with E-state index in [0.717, 1.165) is 11.1 Å². The Hall–Kier alpha value is -3.26. The van der Waals surface area contributed by atoms with Crippen LogP contribution >= 0.6 is 0 Å². The first-order valence-electron chi connectivity index (χ1n) is 8.63. The number of fused-ring (bicyclic) bond motifs is 5. The number of anilines is 1. The quantitative estimate of drug-likeness (QED) is 0.454. The number of carbonyl (C=O) groups is 2. The van der Waals surface area contributed by atoms with Crippen molar-refractivity contribution < 1.29 is 23.8 Å². The minimum atomic E-state index is -1.02. The van der Waals surface area contributed by atoms with E-state index in [1.54, 1.807) is 6.07 Å². The van der Waals surface area contributed by atoms with Gasteiger partial charge in [-0.15, -0.1) is 0 Å². The Morgan fingerprint density at radius 2 is 1.81 bits per heavy atom. The van der Waals surface area contributed by atoms with E-state index in [-0.39, 0.29) is 19.1 Å². The van der Waals surface area contributed by atoms with Gasteiger partial charge in [-0.2, -0.15) is 0 Å². The summed E-state index contributed by atoms with van der Waals surface area (Å²) in [5.41, 5.74) is 3.27. The van der Waals surface area contributed by atoms with E-state index in [1.807, 2.05) is 30.3 Å². The van der Waals surface area contributed by atoms with Gasteiger partial charge in [0.2, 0.25) is 5.91 Å². The van der Waals surface area contributed by atoms with Crippen LogP contribution in [0.3, 0.4) is 0 Å². The summed E-state index contributed by atoms with van der Waals surface area (Å²) in [5.74, 6) is 6.34. The Labute approximate surface area is 154 Å². The van der Waals surface area contributed by atoms with Gasteiger partial charge in [-0.1, -0.05) is 18.2 Å². The summed E-state index contributed by atoms with van der Waals surface area (Å²) in [6.45, 7) is 0.920. The van der Waals surface area contributed by atoms with Crippen LogP contribution in [0.4, 0.5) is 5.69 Å². The van der Waals surface area contributed by atoms with Crippen molar-refractivity contribution in [1.82, 2.24) is 5.43 Å². The topological polar surface area (TPSA) is 103 Å². The molecule has 138 valence electrons. The van der Waals surface area contributed by atoms with Crippen molar-refractivity contribution >= 4 is 17.5 Å². The van der Waals surface area contributed by atoms with E-state index in [0.29, 0.717) is 36.1 Å². The standard InChI is InChI=1S/C19H17N3O5/c20-21-17(23)9-22-13-4-2-1-3-11(13)19(18(22)24)10-27-14-8-16-15(7-12(14)19)25-5-6-26-16/h1-4,7-8H,5-6,9-10,20H2,(H,21,23). The number of hydrogen-bond donors (Lipinski definition) is 2. The molecule has 0 bridgehead atoms. The Morgan fingerprint density at radius 1 is 1.07 bits per heavy atom. The number of hydrogen-bond acceptors (Lipinski definition) is 6. The number of nitrogens with zero attached hydrogens (tertiary/aromatic N) is 1. The molecule has 2 aromatic rings. The van der Waals surface area contributed by atoms with Crippen molar-refractivity contribution in [2.24, 2.45) is 5.84 Å². The molecule has 1 atom stereocenters. The number of nitrogens with two attached hydrogens (primary N) is 1. The summed E-state index contributed by atoms with van der Waals surface area (Å²) in [6, 6.07) is 11.0. The number of benzene rings is 2. The van der Waals surface area contributed by atoms with Crippen LogP contribution in [-0.4, -0.2) is 38.2 Å². The first-order valence-corrected chi connectivity index (χ1v) is 8.63. The first-order chi connectivity index (χ1) is 13.1. The van der Waals surface area contributed by atoms with Crippen LogP contribution in [-0.2, 0) is 15.0 Å². The van der Waals surface area contributed by atoms with Gasteiger partial charge >= 0.3 is 0 Å². The van der Waals surface area contributed by atoms with E-state index in [4.69, 9.17) is 20.1 Å². The van der Waals surface area contributed by atoms with Crippen LogP contribution < -0.4 is 30.4 Å². The fourth-order valence-electron chi connectivity index (χ4n) is 4.06. The predicted molar refractivity (Wildman–Crippen MR) is 94.8 cm³/mol. The highest BCUT2D eigenvalue weighted by atomic mass is 16.6. The molecule has 8 nitrogen and oxygen atoms in total. The molecule has 0 saturated heterocycles. The Bertz CT molecular complexity index is 976. The third-order valence-corrected chi connectivity index (χ3v) is 5.28. The lowest BCUT2D eigenvalue weighted by Crippen LogP contribution is -2.47. The molecule has 3 aliphatic heterocycles. The number of para-hydroxylation sites is 1. The van der Waals surface area contributed by atoms with Crippen LogP contribution in [0.1, 0.15) is 11.1 Å². The fraction of sp³-hybridized carbons (Fsp3) is 0.263. The normalized spacial score (nSPS) is 21.7. The van der Waals surface area contributed by atoms with Gasteiger partial charge in [-0.25, -0.2) is 5.84 Å². The summed E-state index contributed by atoms with van der Waals surface area (Å²) < 4.78 is 17.2. The smallest absolute Gasteiger partial charge is 0.253 e. The molecule has 2 aromatic carbocycles. The molecule has 0 radical (unpaired) electrons. The van der Waals surface area contributed by atoms with Crippen molar-refractivity contribution in [3.8, 4) is 17.2 Å². The SMILES string of the molecule is NNC(=O)CN1C(=O)C2(COc3cc4c(cc32)OCCO4)c2ccccc21. The second-order valence-electron chi connectivity index (χ2n) is 6.66. The number of amides is 2. The average molecular weight is 367 g/mol.